The second-order valence-electron chi connectivity index (χ2n) is 5.45. The van der Waals surface area contributed by atoms with Crippen LogP contribution in [0.2, 0.25) is 0 Å². The minimum atomic E-state index is -0.139. The molecule has 1 aliphatic heterocycles. The smallest absolute Gasteiger partial charge is 0.0495 e. The Hall–Kier alpha value is -0.120. The van der Waals surface area contributed by atoms with Gasteiger partial charge in [0, 0.05) is 25.3 Å². The first-order valence-corrected chi connectivity index (χ1v) is 5.99. The lowest BCUT2D eigenvalue weighted by Gasteiger charge is -2.37. The molecule has 15 heavy (non-hydrogen) atoms. The van der Waals surface area contributed by atoms with Crippen LogP contribution in [0.5, 0.6) is 0 Å². The Balaban J connectivity index is 2.31. The van der Waals surface area contributed by atoms with Gasteiger partial charge >= 0.3 is 0 Å². The van der Waals surface area contributed by atoms with Gasteiger partial charge in [0.2, 0.25) is 0 Å². The van der Waals surface area contributed by atoms with Crippen molar-refractivity contribution in [2.24, 2.45) is 11.8 Å². The van der Waals surface area contributed by atoms with Crippen molar-refractivity contribution >= 4 is 0 Å². The van der Waals surface area contributed by atoms with Gasteiger partial charge in [0.05, 0.1) is 0 Å². The van der Waals surface area contributed by atoms with Crippen molar-refractivity contribution in [2.75, 3.05) is 19.8 Å². The molecule has 1 atom stereocenters. The minimum absolute atomic E-state index is 0.139. The molecular formula is C12H25NO2. The van der Waals surface area contributed by atoms with Crippen molar-refractivity contribution in [3.8, 4) is 0 Å². The first-order valence-electron chi connectivity index (χ1n) is 5.99. The zero-order valence-electron chi connectivity index (χ0n) is 10.5. The Kier molecular flexibility index (Phi) is 4.56. The highest BCUT2D eigenvalue weighted by atomic mass is 16.5. The monoisotopic (exact) mass is 215 g/mol. The van der Waals surface area contributed by atoms with E-state index in [1.165, 1.54) is 5.06 Å². The lowest BCUT2D eigenvalue weighted by Crippen LogP contribution is -2.46. The fourth-order valence-electron chi connectivity index (χ4n) is 1.70. The zero-order valence-corrected chi connectivity index (χ0v) is 10.5. The molecule has 0 aromatic heterocycles. The molecule has 0 radical (unpaired) electrons. The predicted molar refractivity (Wildman–Crippen MR) is 61.0 cm³/mol. The van der Waals surface area contributed by atoms with Crippen molar-refractivity contribution in [2.45, 2.75) is 46.1 Å². The number of hydroxylamine groups is 2. The van der Waals surface area contributed by atoms with Gasteiger partial charge in [0.25, 0.3) is 0 Å². The first-order chi connectivity index (χ1) is 6.94. The van der Waals surface area contributed by atoms with E-state index in [2.05, 4.69) is 27.7 Å². The molecule has 3 nitrogen and oxygen atoms in total. The van der Waals surface area contributed by atoms with Crippen LogP contribution in [0, 0.1) is 11.8 Å². The summed E-state index contributed by atoms with van der Waals surface area (Å²) in [6.07, 6.45) is 2.18. The van der Waals surface area contributed by atoms with E-state index in [-0.39, 0.29) is 5.54 Å². The zero-order chi connectivity index (χ0) is 11.5. The van der Waals surface area contributed by atoms with Crippen molar-refractivity contribution in [3.63, 3.8) is 0 Å². The molecule has 0 spiro atoms. The number of hydrogen-bond donors (Lipinski definition) is 1. The predicted octanol–water partition coefficient (Wildman–Crippen LogP) is 2.54. The van der Waals surface area contributed by atoms with E-state index in [1.54, 1.807) is 0 Å². The quantitative estimate of drug-likeness (QED) is 0.715. The first kappa shape index (κ1) is 12.9. The summed E-state index contributed by atoms with van der Waals surface area (Å²) < 4.78 is 5.32. The molecule has 0 aromatic rings. The summed E-state index contributed by atoms with van der Waals surface area (Å²) >= 11 is 0. The van der Waals surface area contributed by atoms with E-state index in [0.717, 1.165) is 32.6 Å². The van der Waals surface area contributed by atoms with Crippen LogP contribution in [-0.2, 0) is 4.74 Å². The van der Waals surface area contributed by atoms with E-state index in [4.69, 9.17) is 4.74 Å². The SMILES string of the molecule is CC(C)C(C)(C)N(O)CCC1CCOC1. The van der Waals surface area contributed by atoms with Crippen molar-refractivity contribution in [1.82, 2.24) is 5.06 Å². The maximum Gasteiger partial charge on any atom is 0.0495 e. The minimum Gasteiger partial charge on any atom is -0.381 e. The second-order valence-corrected chi connectivity index (χ2v) is 5.45. The van der Waals surface area contributed by atoms with E-state index in [1.807, 2.05) is 0 Å². The third-order valence-electron chi connectivity index (χ3n) is 3.85. The lowest BCUT2D eigenvalue weighted by atomic mass is 9.90. The van der Waals surface area contributed by atoms with Crippen molar-refractivity contribution in [1.29, 1.82) is 0 Å². The fraction of sp³-hybridized carbons (Fsp3) is 1.00. The summed E-state index contributed by atoms with van der Waals surface area (Å²) in [5.41, 5.74) is -0.139. The van der Waals surface area contributed by atoms with Gasteiger partial charge in [-0.3, -0.25) is 0 Å². The summed E-state index contributed by atoms with van der Waals surface area (Å²) in [7, 11) is 0. The maximum absolute atomic E-state index is 10.0. The molecule has 1 aliphatic rings. The molecule has 1 rings (SSSR count). The topological polar surface area (TPSA) is 32.7 Å². The Bertz CT molecular complexity index is 186. The largest absolute Gasteiger partial charge is 0.381 e. The number of rotatable bonds is 5. The molecule has 0 bridgehead atoms. The van der Waals surface area contributed by atoms with Crippen LogP contribution < -0.4 is 0 Å². The van der Waals surface area contributed by atoms with Crippen molar-refractivity contribution in [3.05, 3.63) is 0 Å². The summed E-state index contributed by atoms with van der Waals surface area (Å²) in [6.45, 7) is 11.0. The highest BCUT2D eigenvalue weighted by molar-refractivity contribution is 4.80. The molecular weight excluding hydrogens is 190 g/mol. The molecule has 1 unspecified atom stereocenters. The van der Waals surface area contributed by atoms with Crippen LogP contribution in [0.4, 0.5) is 0 Å². The molecule has 1 N–H and O–H groups in total. The molecule has 1 heterocycles. The number of ether oxygens (including phenoxy) is 1. The maximum atomic E-state index is 10.0. The Labute approximate surface area is 93.4 Å². The fourth-order valence-corrected chi connectivity index (χ4v) is 1.70. The van der Waals surface area contributed by atoms with Gasteiger partial charge in [-0.25, -0.2) is 0 Å². The van der Waals surface area contributed by atoms with Gasteiger partial charge in [-0.05, 0) is 38.5 Å². The Morgan fingerprint density at radius 1 is 1.47 bits per heavy atom. The summed E-state index contributed by atoms with van der Waals surface area (Å²) in [6, 6.07) is 0. The van der Waals surface area contributed by atoms with Gasteiger partial charge < -0.3 is 9.94 Å². The van der Waals surface area contributed by atoms with Crippen LogP contribution >= 0.6 is 0 Å². The van der Waals surface area contributed by atoms with E-state index in [9.17, 15) is 5.21 Å². The van der Waals surface area contributed by atoms with Crippen LogP contribution in [0.25, 0.3) is 0 Å². The van der Waals surface area contributed by atoms with Gasteiger partial charge in [0.1, 0.15) is 0 Å². The van der Waals surface area contributed by atoms with E-state index >= 15 is 0 Å². The van der Waals surface area contributed by atoms with Crippen LogP contribution in [0.1, 0.15) is 40.5 Å². The molecule has 1 saturated heterocycles. The van der Waals surface area contributed by atoms with Gasteiger partial charge in [-0.15, -0.1) is 0 Å². The summed E-state index contributed by atoms with van der Waals surface area (Å²) in [5.74, 6) is 1.09. The van der Waals surface area contributed by atoms with Crippen LogP contribution in [0.3, 0.4) is 0 Å². The van der Waals surface area contributed by atoms with E-state index < -0.39 is 0 Å². The van der Waals surface area contributed by atoms with E-state index in [0.29, 0.717) is 11.8 Å². The standard InChI is InChI=1S/C12H25NO2/c1-10(2)12(3,4)13(14)7-5-11-6-8-15-9-11/h10-11,14H,5-9H2,1-4H3. The molecule has 0 aromatic carbocycles. The molecule has 0 aliphatic carbocycles. The highest BCUT2D eigenvalue weighted by Gasteiger charge is 2.29. The Morgan fingerprint density at radius 3 is 2.60 bits per heavy atom. The average Bonchev–Trinajstić information content (AvgIpc) is 2.66. The number of hydrogen-bond acceptors (Lipinski definition) is 3. The molecule has 1 fully saturated rings. The third kappa shape index (κ3) is 3.44. The molecule has 0 saturated carbocycles. The average molecular weight is 215 g/mol. The normalized spacial score (nSPS) is 23.0. The van der Waals surface area contributed by atoms with Gasteiger partial charge in [-0.2, -0.15) is 5.06 Å². The molecule has 3 heteroatoms. The molecule has 0 amide bonds. The lowest BCUT2D eigenvalue weighted by molar-refractivity contribution is -0.178. The summed E-state index contributed by atoms with van der Waals surface area (Å²) in [4.78, 5) is 0. The molecule has 90 valence electrons. The van der Waals surface area contributed by atoms with Crippen molar-refractivity contribution < 1.29 is 9.94 Å². The summed E-state index contributed by atoms with van der Waals surface area (Å²) in [5, 5.41) is 11.5. The Morgan fingerprint density at radius 2 is 2.13 bits per heavy atom. The van der Waals surface area contributed by atoms with Crippen LogP contribution in [-0.4, -0.2) is 35.6 Å². The second kappa shape index (κ2) is 5.28. The van der Waals surface area contributed by atoms with Gasteiger partial charge in [0.15, 0.2) is 0 Å². The van der Waals surface area contributed by atoms with Gasteiger partial charge in [-0.1, -0.05) is 13.8 Å². The van der Waals surface area contributed by atoms with Crippen LogP contribution in [0.15, 0.2) is 0 Å². The third-order valence-corrected chi connectivity index (χ3v) is 3.85. The highest BCUT2D eigenvalue weighted by Crippen LogP contribution is 2.24. The number of nitrogens with zero attached hydrogens (tertiary/aromatic N) is 1.